The minimum atomic E-state index is -0.550. The van der Waals surface area contributed by atoms with E-state index < -0.39 is 6.10 Å². The molecule has 0 saturated carbocycles. The maximum absolute atomic E-state index is 12.4. The molecule has 3 nitrogen and oxygen atoms in total. The molecule has 0 amide bonds. The summed E-state index contributed by atoms with van der Waals surface area (Å²) in [6, 6.07) is 0. The number of rotatable bonds is 4. The van der Waals surface area contributed by atoms with Gasteiger partial charge in [0.05, 0.1) is 12.0 Å². The fourth-order valence-corrected chi connectivity index (χ4v) is 3.60. The SMILES string of the molecule is CC[C@H](C)C(=O)O[C@H]1C[C@H](O)C=C2C=C[C@H](C)[C@H](/C=C/C(C)(C)C)[C@H]21. The molecule has 0 unspecified atom stereocenters. The van der Waals surface area contributed by atoms with Gasteiger partial charge in [0, 0.05) is 12.3 Å². The summed E-state index contributed by atoms with van der Waals surface area (Å²) in [5.41, 5.74) is 1.21. The van der Waals surface area contributed by atoms with Crippen molar-refractivity contribution in [3.05, 3.63) is 36.0 Å². The number of hydrogen-bond acceptors (Lipinski definition) is 3. The van der Waals surface area contributed by atoms with E-state index in [1.54, 1.807) is 0 Å². The van der Waals surface area contributed by atoms with Gasteiger partial charge in [-0.05, 0) is 29.2 Å². The molecule has 6 atom stereocenters. The summed E-state index contributed by atoms with van der Waals surface area (Å²) in [5, 5.41) is 10.2. The van der Waals surface area contributed by atoms with Crippen LogP contribution in [0.3, 0.4) is 0 Å². The van der Waals surface area contributed by atoms with Crippen molar-refractivity contribution in [2.75, 3.05) is 0 Å². The van der Waals surface area contributed by atoms with Crippen LogP contribution < -0.4 is 0 Å². The third-order valence-corrected chi connectivity index (χ3v) is 5.36. The molecule has 0 spiro atoms. The summed E-state index contributed by atoms with van der Waals surface area (Å²) in [4.78, 5) is 12.4. The molecule has 2 aliphatic rings. The molecule has 0 aromatic carbocycles. The van der Waals surface area contributed by atoms with Gasteiger partial charge in [0.1, 0.15) is 6.10 Å². The highest BCUT2D eigenvalue weighted by molar-refractivity contribution is 5.72. The zero-order chi connectivity index (χ0) is 18.8. The van der Waals surface area contributed by atoms with Gasteiger partial charge < -0.3 is 9.84 Å². The van der Waals surface area contributed by atoms with Crippen LogP contribution in [0.25, 0.3) is 0 Å². The van der Waals surface area contributed by atoms with Crippen LogP contribution in [0.1, 0.15) is 54.4 Å². The van der Waals surface area contributed by atoms with Gasteiger partial charge in [-0.2, -0.15) is 0 Å². The Morgan fingerprint density at radius 2 is 2.12 bits per heavy atom. The van der Waals surface area contributed by atoms with Crippen LogP contribution in [0.5, 0.6) is 0 Å². The number of allylic oxidation sites excluding steroid dienone is 4. The van der Waals surface area contributed by atoms with E-state index in [0.29, 0.717) is 12.3 Å². The third kappa shape index (κ3) is 5.07. The summed E-state index contributed by atoms with van der Waals surface area (Å²) < 4.78 is 5.89. The molecule has 2 rings (SSSR count). The van der Waals surface area contributed by atoms with E-state index in [1.807, 2.05) is 19.9 Å². The molecule has 0 heterocycles. The molecule has 3 heteroatoms. The predicted octanol–water partition coefficient (Wildman–Crippen LogP) is 4.68. The molecule has 0 aromatic rings. The zero-order valence-electron chi connectivity index (χ0n) is 16.5. The fourth-order valence-electron chi connectivity index (χ4n) is 3.60. The molecule has 1 N–H and O–H groups in total. The third-order valence-electron chi connectivity index (χ3n) is 5.36. The lowest BCUT2D eigenvalue weighted by molar-refractivity contribution is -0.158. The second-order valence-electron chi connectivity index (χ2n) is 8.80. The quantitative estimate of drug-likeness (QED) is 0.594. The fraction of sp³-hybridized carbons (Fsp3) is 0.682. The van der Waals surface area contributed by atoms with Crippen LogP contribution in [-0.2, 0) is 9.53 Å². The topological polar surface area (TPSA) is 46.5 Å². The Kier molecular flexibility index (Phi) is 6.31. The highest BCUT2D eigenvalue weighted by Crippen LogP contribution is 2.43. The Morgan fingerprint density at radius 1 is 1.44 bits per heavy atom. The number of aliphatic hydroxyl groups is 1. The molecular weight excluding hydrogens is 312 g/mol. The molecule has 0 radical (unpaired) electrons. The minimum absolute atomic E-state index is 0.105. The maximum Gasteiger partial charge on any atom is 0.308 e. The van der Waals surface area contributed by atoms with E-state index in [0.717, 1.165) is 12.0 Å². The van der Waals surface area contributed by atoms with Gasteiger partial charge in [-0.25, -0.2) is 0 Å². The molecule has 0 saturated heterocycles. The van der Waals surface area contributed by atoms with Crippen molar-refractivity contribution in [3.8, 4) is 0 Å². The second-order valence-corrected chi connectivity index (χ2v) is 8.80. The Labute approximate surface area is 152 Å². The number of esters is 1. The van der Waals surface area contributed by atoms with Crippen molar-refractivity contribution in [2.24, 2.45) is 29.1 Å². The van der Waals surface area contributed by atoms with E-state index in [-0.39, 0.29) is 35.2 Å². The standard InChI is InChI=1S/C22H34O3/c1-7-14(2)21(24)25-19-13-17(23)12-16-9-8-15(3)18(20(16)19)10-11-22(4,5)6/h8-12,14-15,17-20,23H,7,13H2,1-6H3/b11-10+/t14-,15-,17+,18-,19-,20-/m0/s1. The van der Waals surface area contributed by atoms with Gasteiger partial charge in [0.2, 0.25) is 0 Å². The Hall–Kier alpha value is -1.35. The van der Waals surface area contributed by atoms with Crippen molar-refractivity contribution in [2.45, 2.75) is 66.6 Å². The molecule has 25 heavy (non-hydrogen) atoms. The highest BCUT2D eigenvalue weighted by atomic mass is 16.5. The summed E-state index contributed by atoms with van der Waals surface area (Å²) in [6.07, 6.45) is 11.2. The van der Waals surface area contributed by atoms with E-state index in [4.69, 9.17) is 4.74 Å². The molecule has 0 aromatic heterocycles. The van der Waals surface area contributed by atoms with Gasteiger partial charge in [0.25, 0.3) is 0 Å². The lowest BCUT2D eigenvalue weighted by Crippen LogP contribution is -2.42. The first-order chi connectivity index (χ1) is 11.6. The van der Waals surface area contributed by atoms with E-state index in [9.17, 15) is 9.90 Å². The smallest absolute Gasteiger partial charge is 0.308 e. The maximum atomic E-state index is 12.4. The number of carbonyl (C=O) groups is 1. The van der Waals surface area contributed by atoms with Crippen LogP contribution in [0.4, 0.5) is 0 Å². The van der Waals surface area contributed by atoms with Crippen molar-refractivity contribution in [3.63, 3.8) is 0 Å². The first kappa shape index (κ1) is 20.0. The highest BCUT2D eigenvalue weighted by Gasteiger charge is 2.41. The first-order valence-electron chi connectivity index (χ1n) is 9.60. The average Bonchev–Trinajstić information content (AvgIpc) is 2.52. The van der Waals surface area contributed by atoms with Crippen molar-refractivity contribution in [1.29, 1.82) is 0 Å². The summed E-state index contributed by atoms with van der Waals surface area (Å²) >= 11 is 0. The lowest BCUT2D eigenvalue weighted by Gasteiger charge is -2.41. The number of ether oxygens (including phenoxy) is 1. The monoisotopic (exact) mass is 346 g/mol. The molecule has 0 aliphatic heterocycles. The number of carbonyl (C=O) groups excluding carboxylic acids is 1. The largest absolute Gasteiger partial charge is 0.461 e. The summed E-state index contributed by atoms with van der Waals surface area (Å²) in [6.45, 7) is 12.7. The van der Waals surface area contributed by atoms with Crippen molar-refractivity contribution >= 4 is 5.97 Å². The zero-order valence-corrected chi connectivity index (χ0v) is 16.5. The molecule has 0 fully saturated rings. The molecule has 0 bridgehead atoms. The normalized spacial score (nSPS) is 33.7. The number of fused-ring (bicyclic) bond motifs is 1. The van der Waals surface area contributed by atoms with Crippen LogP contribution in [-0.4, -0.2) is 23.3 Å². The molecule has 2 aliphatic carbocycles. The average molecular weight is 347 g/mol. The summed E-state index contributed by atoms with van der Waals surface area (Å²) in [5.74, 6) is 0.516. The lowest BCUT2D eigenvalue weighted by atomic mass is 9.67. The van der Waals surface area contributed by atoms with Gasteiger partial charge in [-0.15, -0.1) is 0 Å². The van der Waals surface area contributed by atoms with Gasteiger partial charge in [0.15, 0.2) is 0 Å². The number of hydrogen-bond donors (Lipinski definition) is 1. The summed E-state index contributed by atoms with van der Waals surface area (Å²) in [7, 11) is 0. The molecular formula is C22H34O3. The van der Waals surface area contributed by atoms with Crippen LogP contribution in [0.15, 0.2) is 36.0 Å². The van der Waals surface area contributed by atoms with Gasteiger partial charge >= 0.3 is 5.97 Å². The van der Waals surface area contributed by atoms with Crippen LogP contribution >= 0.6 is 0 Å². The van der Waals surface area contributed by atoms with Crippen LogP contribution in [0.2, 0.25) is 0 Å². The Bertz CT molecular complexity index is 564. The first-order valence-corrected chi connectivity index (χ1v) is 9.60. The number of aliphatic hydroxyl groups excluding tert-OH is 1. The van der Waals surface area contributed by atoms with Crippen LogP contribution in [0, 0.1) is 29.1 Å². The van der Waals surface area contributed by atoms with E-state index in [2.05, 4.69) is 52.0 Å². The minimum Gasteiger partial charge on any atom is -0.461 e. The van der Waals surface area contributed by atoms with E-state index >= 15 is 0 Å². The Balaban J connectivity index is 2.31. The second kappa shape index (κ2) is 7.90. The predicted molar refractivity (Wildman–Crippen MR) is 102 cm³/mol. The Morgan fingerprint density at radius 3 is 2.72 bits per heavy atom. The van der Waals surface area contributed by atoms with Gasteiger partial charge in [-0.1, -0.05) is 71.9 Å². The van der Waals surface area contributed by atoms with E-state index in [1.165, 1.54) is 0 Å². The van der Waals surface area contributed by atoms with Crippen molar-refractivity contribution < 1.29 is 14.6 Å². The van der Waals surface area contributed by atoms with Crippen molar-refractivity contribution in [1.82, 2.24) is 0 Å². The molecule has 140 valence electrons. The van der Waals surface area contributed by atoms with Gasteiger partial charge in [-0.3, -0.25) is 4.79 Å².